The Morgan fingerprint density at radius 1 is 1.33 bits per heavy atom. The van der Waals surface area contributed by atoms with E-state index in [9.17, 15) is 4.39 Å². The van der Waals surface area contributed by atoms with Gasteiger partial charge in [0, 0.05) is 7.05 Å². The highest BCUT2D eigenvalue weighted by molar-refractivity contribution is 5.59. The van der Waals surface area contributed by atoms with Gasteiger partial charge in [-0.25, -0.2) is 9.37 Å². The van der Waals surface area contributed by atoms with Crippen LogP contribution in [-0.2, 0) is 7.05 Å². The van der Waals surface area contributed by atoms with Crippen molar-refractivity contribution < 1.29 is 4.39 Å². The summed E-state index contributed by atoms with van der Waals surface area (Å²) in [7, 11) is 2.01. The Morgan fingerprint density at radius 2 is 2.11 bits per heavy atom. The zero-order valence-corrected chi connectivity index (χ0v) is 10.4. The Labute approximate surface area is 106 Å². The van der Waals surface area contributed by atoms with Crippen molar-refractivity contribution in [2.75, 3.05) is 6.54 Å². The molecule has 1 fully saturated rings. The molecular weight excluding hydrogens is 229 g/mol. The summed E-state index contributed by atoms with van der Waals surface area (Å²) in [6.07, 6.45) is 4.19. The molecule has 0 saturated carbocycles. The second-order valence-electron chi connectivity index (χ2n) is 4.72. The van der Waals surface area contributed by atoms with E-state index in [0.29, 0.717) is 6.04 Å². The number of hydrogen-bond donors (Lipinski definition) is 1. The van der Waals surface area contributed by atoms with Crippen LogP contribution in [0.1, 0.15) is 24.7 Å². The molecule has 1 aromatic heterocycles. The molecule has 2 aromatic rings. The molecule has 1 aliphatic rings. The minimum atomic E-state index is -0.210. The van der Waals surface area contributed by atoms with E-state index in [-0.39, 0.29) is 5.82 Å². The first-order valence-electron chi connectivity index (χ1n) is 6.26. The maximum Gasteiger partial charge on any atom is 0.126 e. The molecule has 0 amide bonds. The van der Waals surface area contributed by atoms with E-state index in [2.05, 4.69) is 14.9 Å². The van der Waals surface area contributed by atoms with Gasteiger partial charge in [0.2, 0.25) is 0 Å². The highest BCUT2D eigenvalue weighted by Crippen LogP contribution is 2.26. The molecule has 0 aliphatic carbocycles. The quantitative estimate of drug-likeness (QED) is 0.881. The molecule has 2 heterocycles. The Hall–Kier alpha value is -1.68. The predicted molar refractivity (Wildman–Crippen MR) is 68.6 cm³/mol. The third-order valence-corrected chi connectivity index (χ3v) is 3.54. The molecule has 1 unspecified atom stereocenters. The molecule has 1 aromatic carbocycles. The fourth-order valence-electron chi connectivity index (χ4n) is 2.54. The van der Waals surface area contributed by atoms with E-state index in [1.807, 2.05) is 13.2 Å². The van der Waals surface area contributed by atoms with Crippen molar-refractivity contribution in [3.8, 4) is 11.3 Å². The van der Waals surface area contributed by atoms with E-state index in [1.54, 1.807) is 12.1 Å². The maximum absolute atomic E-state index is 12.9. The summed E-state index contributed by atoms with van der Waals surface area (Å²) in [5, 5.41) is 3.44. The summed E-state index contributed by atoms with van der Waals surface area (Å²) in [5.74, 6) is 0.852. The number of rotatable bonds is 2. The number of hydrogen-bond acceptors (Lipinski definition) is 2. The van der Waals surface area contributed by atoms with Gasteiger partial charge >= 0.3 is 0 Å². The first kappa shape index (κ1) is 11.4. The normalized spacial score (nSPS) is 19.3. The van der Waals surface area contributed by atoms with Crippen molar-refractivity contribution in [2.45, 2.75) is 18.9 Å². The number of halogens is 1. The average molecular weight is 245 g/mol. The second kappa shape index (κ2) is 4.53. The van der Waals surface area contributed by atoms with Crippen molar-refractivity contribution in [1.29, 1.82) is 0 Å². The van der Waals surface area contributed by atoms with Gasteiger partial charge in [-0.3, -0.25) is 0 Å². The molecule has 4 heteroatoms. The van der Waals surface area contributed by atoms with Gasteiger partial charge in [-0.1, -0.05) is 0 Å². The lowest BCUT2D eigenvalue weighted by Gasteiger charge is -2.11. The van der Waals surface area contributed by atoms with Crippen molar-refractivity contribution >= 4 is 0 Å². The van der Waals surface area contributed by atoms with Crippen LogP contribution in [0.4, 0.5) is 4.39 Å². The van der Waals surface area contributed by atoms with E-state index in [4.69, 9.17) is 0 Å². The second-order valence-corrected chi connectivity index (χ2v) is 4.72. The van der Waals surface area contributed by atoms with Crippen LogP contribution in [0.15, 0.2) is 30.5 Å². The van der Waals surface area contributed by atoms with Gasteiger partial charge in [-0.15, -0.1) is 0 Å². The zero-order chi connectivity index (χ0) is 12.5. The molecule has 3 rings (SSSR count). The Morgan fingerprint density at radius 3 is 2.78 bits per heavy atom. The van der Waals surface area contributed by atoms with Gasteiger partial charge in [0.15, 0.2) is 0 Å². The van der Waals surface area contributed by atoms with Crippen LogP contribution in [-0.4, -0.2) is 16.1 Å². The van der Waals surface area contributed by atoms with E-state index in [1.165, 1.54) is 18.6 Å². The third-order valence-electron chi connectivity index (χ3n) is 3.54. The molecule has 0 bridgehead atoms. The molecule has 0 spiro atoms. The van der Waals surface area contributed by atoms with Crippen LogP contribution in [0.3, 0.4) is 0 Å². The average Bonchev–Trinajstić information content (AvgIpc) is 2.99. The minimum absolute atomic E-state index is 0.210. The zero-order valence-electron chi connectivity index (χ0n) is 10.4. The van der Waals surface area contributed by atoms with Crippen LogP contribution >= 0.6 is 0 Å². The SMILES string of the molecule is Cn1c(-c2ccc(F)cc2)cnc1C1CCCN1. The largest absolute Gasteiger partial charge is 0.330 e. The third kappa shape index (κ3) is 1.93. The van der Waals surface area contributed by atoms with Gasteiger partial charge in [0.1, 0.15) is 11.6 Å². The van der Waals surface area contributed by atoms with Crippen molar-refractivity contribution in [2.24, 2.45) is 7.05 Å². The topological polar surface area (TPSA) is 29.9 Å². The number of nitrogens with one attached hydrogen (secondary N) is 1. The molecule has 18 heavy (non-hydrogen) atoms. The van der Waals surface area contributed by atoms with Gasteiger partial charge in [-0.2, -0.15) is 0 Å². The molecule has 1 aliphatic heterocycles. The highest BCUT2D eigenvalue weighted by Gasteiger charge is 2.21. The monoisotopic (exact) mass is 245 g/mol. The maximum atomic E-state index is 12.9. The Bertz CT molecular complexity index is 539. The molecule has 3 nitrogen and oxygen atoms in total. The number of imidazole rings is 1. The van der Waals surface area contributed by atoms with E-state index < -0.39 is 0 Å². The fraction of sp³-hybridized carbons (Fsp3) is 0.357. The van der Waals surface area contributed by atoms with Crippen LogP contribution < -0.4 is 5.32 Å². The smallest absolute Gasteiger partial charge is 0.126 e. The summed E-state index contributed by atoms with van der Waals surface area (Å²) in [6, 6.07) is 6.89. The molecule has 1 N–H and O–H groups in total. The first-order chi connectivity index (χ1) is 8.75. The number of benzene rings is 1. The predicted octanol–water partition coefficient (Wildman–Crippen LogP) is 2.65. The van der Waals surface area contributed by atoms with Crippen LogP contribution in [0, 0.1) is 5.82 Å². The van der Waals surface area contributed by atoms with Gasteiger partial charge in [0.25, 0.3) is 0 Å². The fourth-order valence-corrected chi connectivity index (χ4v) is 2.54. The first-order valence-corrected chi connectivity index (χ1v) is 6.26. The number of nitrogens with zero attached hydrogens (tertiary/aromatic N) is 2. The Kier molecular flexibility index (Phi) is 2.88. The van der Waals surface area contributed by atoms with Crippen LogP contribution in [0.25, 0.3) is 11.3 Å². The van der Waals surface area contributed by atoms with Gasteiger partial charge < -0.3 is 9.88 Å². The van der Waals surface area contributed by atoms with E-state index in [0.717, 1.165) is 30.0 Å². The molecule has 1 atom stereocenters. The molecular formula is C14H16FN3. The summed E-state index contributed by atoms with van der Waals surface area (Å²) in [4.78, 5) is 4.50. The van der Waals surface area contributed by atoms with Gasteiger partial charge in [-0.05, 0) is 49.2 Å². The lowest BCUT2D eigenvalue weighted by atomic mass is 10.1. The lowest BCUT2D eigenvalue weighted by Crippen LogP contribution is -2.17. The van der Waals surface area contributed by atoms with Crippen LogP contribution in [0.2, 0.25) is 0 Å². The Balaban J connectivity index is 1.96. The minimum Gasteiger partial charge on any atom is -0.330 e. The van der Waals surface area contributed by atoms with Crippen molar-refractivity contribution in [3.05, 3.63) is 42.1 Å². The highest BCUT2D eigenvalue weighted by atomic mass is 19.1. The van der Waals surface area contributed by atoms with Crippen molar-refractivity contribution in [3.63, 3.8) is 0 Å². The lowest BCUT2D eigenvalue weighted by molar-refractivity contribution is 0.581. The molecule has 94 valence electrons. The molecule has 1 saturated heterocycles. The summed E-state index contributed by atoms with van der Waals surface area (Å²) in [6.45, 7) is 1.06. The summed E-state index contributed by atoms with van der Waals surface area (Å²) < 4.78 is 15.0. The summed E-state index contributed by atoms with van der Waals surface area (Å²) >= 11 is 0. The number of aromatic nitrogens is 2. The van der Waals surface area contributed by atoms with E-state index >= 15 is 0 Å². The standard InChI is InChI=1S/C14H16FN3/c1-18-13(10-4-6-11(15)7-5-10)9-17-14(18)12-3-2-8-16-12/h4-7,9,12,16H,2-3,8H2,1H3. The van der Waals surface area contributed by atoms with Crippen molar-refractivity contribution in [1.82, 2.24) is 14.9 Å². The van der Waals surface area contributed by atoms with Crippen LogP contribution in [0.5, 0.6) is 0 Å². The summed E-state index contributed by atoms with van der Waals surface area (Å²) in [5.41, 5.74) is 2.02. The molecule has 0 radical (unpaired) electrons. The van der Waals surface area contributed by atoms with Gasteiger partial charge in [0.05, 0.1) is 17.9 Å².